The summed E-state index contributed by atoms with van der Waals surface area (Å²) in [5.74, 6) is 0.135. The van der Waals surface area contributed by atoms with Gasteiger partial charge in [0.05, 0.1) is 11.4 Å². The Balaban J connectivity index is 2.20. The zero-order valence-corrected chi connectivity index (χ0v) is 7.89. The molecule has 1 atom stereocenters. The number of rotatable bonds is 2. The Morgan fingerprint density at radius 1 is 1.29 bits per heavy atom. The molecule has 0 aliphatic carbocycles. The van der Waals surface area contributed by atoms with Gasteiger partial charge in [-0.1, -0.05) is 0 Å². The molecule has 6 heteroatoms. The molecule has 1 aliphatic heterocycles. The molecule has 1 unspecified atom stereocenters. The number of hydrogen-bond acceptors (Lipinski definition) is 4. The highest BCUT2D eigenvalue weighted by molar-refractivity contribution is 7.81. The van der Waals surface area contributed by atoms with Crippen LogP contribution in [0.3, 0.4) is 0 Å². The van der Waals surface area contributed by atoms with E-state index in [-0.39, 0.29) is 11.2 Å². The topological polar surface area (TPSA) is 33.3 Å². The molecule has 0 radical (unpaired) electrons. The van der Waals surface area contributed by atoms with Gasteiger partial charge in [0.15, 0.2) is 0 Å². The Labute approximate surface area is 84.9 Å². The standard InChI is InChI=1S/C8H8F2N2OS/c9-7(10)13-4-1-2-5-6(3-4)12-8(14)11-5/h1-3,7-8,11-12,14H. The van der Waals surface area contributed by atoms with Gasteiger partial charge in [0.25, 0.3) is 0 Å². The van der Waals surface area contributed by atoms with Crippen LogP contribution in [0.25, 0.3) is 0 Å². The highest BCUT2D eigenvalue weighted by Gasteiger charge is 2.17. The van der Waals surface area contributed by atoms with Gasteiger partial charge in [-0.2, -0.15) is 8.78 Å². The van der Waals surface area contributed by atoms with Crippen LogP contribution in [0.4, 0.5) is 20.2 Å². The Kier molecular flexibility index (Phi) is 2.37. The molecule has 0 fully saturated rings. The Morgan fingerprint density at radius 2 is 2.00 bits per heavy atom. The average molecular weight is 218 g/mol. The predicted octanol–water partition coefficient (Wildman–Crippen LogP) is 2.34. The second-order valence-electron chi connectivity index (χ2n) is 2.78. The van der Waals surface area contributed by atoms with Crippen molar-refractivity contribution < 1.29 is 13.5 Å². The molecule has 2 N–H and O–H groups in total. The monoisotopic (exact) mass is 218 g/mol. The van der Waals surface area contributed by atoms with Gasteiger partial charge in [0.1, 0.15) is 11.2 Å². The lowest BCUT2D eigenvalue weighted by Gasteiger charge is -2.05. The van der Waals surface area contributed by atoms with Crippen LogP contribution in [0.1, 0.15) is 0 Å². The van der Waals surface area contributed by atoms with Crippen LogP contribution in [0, 0.1) is 0 Å². The first kappa shape index (κ1) is 9.39. The van der Waals surface area contributed by atoms with E-state index in [1.54, 1.807) is 6.07 Å². The van der Waals surface area contributed by atoms with Crippen molar-refractivity contribution in [3.05, 3.63) is 18.2 Å². The van der Waals surface area contributed by atoms with Crippen molar-refractivity contribution in [3.8, 4) is 5.75 Å². The largest absolute Gasteiger partial charge is 0.435 e. The van der Waals surface area contributed by atoms with E-state index in [1.807, 2.05) is 0 Å². The number of nitrogens with one attached hydrogen (secondary N) is 2. The summed E-state index contributed by atoms with van der Waals surface area (Å²) in [7, 11) is 0. The molecule has 0 aromatic heterocycles. The third kappa shape index (κ3) is 1.84. The van der Waals surface area contributed by atoms with E-state index in [0.29, 0.717) is 5.69 Å². The van der Waals surface area contributed by atoms with Gasteiger partial charge in [-0.15, -0.1) is 12.6 Å². The van der Waals surface area contributed by atoms with Crippen molar-refractivity contribution in [3.63, 3.8) is 0 Å². The first-order valence-corrected chi connectivity index (χ1v) is 4.47. The van der Waals surface area contributed by atoms with E-state index in [2.05, 4.69) is 28.0 Å². The molecule has 3 nitrogen and oxygen atoms in total. The van der Waals surface area contributed by atoms with Crippen molar-refractivity contribution in [2.45, 2.75) is 12.1 Å². The summed E-state index contributed by atoms with van der Waals surface area (Å²) >= 11 is 4.13. The second kappa shape index (κ2) is 3.53. The molecule has 1 heterocycles. The third-order valence-electron chi connectivity index (χ3n) is 1.80. The van der Waals surface area contributed by atoms with E-state index < -0.39 is 6.61 Å². The molecule has 76 valence electrons. The van der Waals surface area contributed by atoms with Crippen LogP contribution in [0.2, 0.25) is 0 Å². The quantitative estimate of drug-likeness (QED) is 0.666. The smallest absolute Gasteiger partial charge is 0.387 e. The number of benzene rings is 1. The maximum absolute atomic E-state index is 11.9. The Morgan fingerprint density at radius 3 is 2.71 bits per heavy atom. The maximum Gasteiger partial charge on any atom is 0.387 e. The summed E-state index contributed by atoms with van der Waals surface area (Å²) in [5.41, 5.74) is 1.35. The van der Waals surface area contributed by atoms with Crippen LogP contribution in [0.5, 0.6) is 5.75 Å². The van der Waals surface area contributed by atoms with Crippen LogP contribution in [-0.4, -0.2) is 12.1 Å². The normalized spacial score (nSPS) is 18.7. The fraction of sp³-hybridized carbons (Fsp3) is 0.250. The molecule has 14 heavy (non-hydrogen) atoms. The molecule has 0 saturated carbocycles. The summed E-state index contributed by atoms with van der Waals surface area (Å²) in [6.45, 7) is -2.80. The summed E-state index contributed by atoms with van der Waals surface area (Å²) in [6, 6.07) is 4.65. The molecule has 0 saturated heterocycles. The molecule has 1 aliphatic rings. The van der Waals surface area contributed by atoms with Crippen LogP contribution >= 0.6 is 12.6 Å². The fourth-order valence-corrected chi connectivity index (χ4v) is 1.55. The lowest BCUT2D eigenvalue weighted by atomic mass is 10.2. The van der Waals surface area contributed by atoms with Crippen LogP contribution in [-0.2, 0) is 0 Å². The van der Waals surface area contributed by atoms with Crippen molar-refractivity contribution >= 4 is 24.0 Å². The minimum absolute atomic E-state index is 0.135. The number of ether oxygens (including phenoxy) is 1. The minimum Gasteiger partial charge on any atom is -0.435 e. The predicted molar refractivity (Wildman–Crippen MR) is 53.1 cm³/mol. The SMILES string of the molecule is FC(F)Oc1ccc2c(c1)NC(S)N2. The van der Waals surface area contributed by atoms with Gasteiger partial charge in [-0.3, -0.25) is 0 Å². The van der Waals surface area contributed by atoms with Gasteiger partial charge in [-0.25, -0.2) is 0 Å². The van der Waals surface area contributed by atoms with Crippen LogP contribution in [0.15, 0.2) is 18.2 Å². The van der Waals surface area contributed by atoms with Gasteiger partial charge < -0.3 is 15.4 Å². The third-order valence-corrected chi connectivity index (χ3v) is 2.06. The molecule has 0 amide bonds. The van der Waals surface area contributed by atoms with Crippen molar-refractivity contribution in [1.82, 2.24) is 0 Å². The van der Waals surface area contributed by atoms with E-state index in [0.717, 1.165) is 5.69 Å². The van der Waals surface area contributed by atoms with E-state index in [1.165, 1.54) is 12.1 Å². The summed E-state index contributed by atoms with van der Waals surface area (Å²) < 4.78 is 28.0. The Bertz CT molecular complexity index is 348. The number of halogens is 2. The number of thiol groups is 1. The average Bonchev–Trinajstić information content (AvgIpc) is 2.42. The first-order chi connectivity index (χ1) is 6.65. The van der Waals surface area contributed by atoms with Crippen LogP contribution < -0.4 is 15.4 Å². The maximum atomic E-state index is 11.9. The fourth-order valence-electron chi connectivity index (χ4n) is 1.28. The van der Waals surface area contributed by atoms with E-state index >= 15 is 0 Å². The summed E-state index contributed by atoms with van der Waals surface area (Å²) in [4.78, 5) is 0. The Hall–Kier alpha value is -1.17. The number of anilines is 2. The molecular weight excluding hydrogens is 210 g/mol. The first-order valence-electron chi connectivity index (χ1n) is 3.95. The highest BCUT2D eigenvalue weighted by atomic mass is 32.1. The van der Waals surface area contributed by atoms with Gasteiger partial charge in [-0.05, 0) is 12.1 Å². The number of alkyl halides is 2. The number of fused-ring (bicyclic) bond motifs is 1. The lowest BCUT2D eigenvalue weighted by Crippen LogP contribution is -2.12. The molecule has 1 aromatic carbocycles. The van der Waals surface area contributed by atoms with E-state index in [9.17, 15) is 8.78 Å². The van der Waals surface area contributed by atoms with E-state index in [4.69, 9.17) is 0 Å². The highest BCUT2D eigenvalue weighted by Crippen LogP contribution is 2.33. The molecular formula is C8H8F2N2OS. The molecule has 2 rings (SSSR count). The van der Waals surface area contributed by atoms with Crippen molar-refractivity contribution in [2.24, 2.45) is 0 Å². The second-order valence-corrected chi connectivity index (χ2v) is 3.29. The van der Waals surface area contributed by atoms with Gasteiger partial charge in [0, 0.05) is 6.07 Å². The molecule has 0 spiro atoms. The number of hydrogen-bond donors (Lipinski definition) is 3. The van der Waals surface area contributed by atoms with Gasteiger partial charge >= 0.3 is 6.61 Å². The lowest BCUT2D eigenvalue weighted by molar-refractivity contribution is -0.0497. The van der Waals surface area contributed by atoms with Gasteiger partial charge in [0.2, 0.25) is 0 Å². The zero-order chi connectivity index (χ0) is 10.1. The summed E-state index contributed by atoms with van der Waals surface area (Å²) in [5, 5.41) is 5.93. The summed E-state index contributed by atoms with van der Waals surface area (Å²) in [6.07, 6.45) is 0. The van der Waals surface area contributed by atoms with Crippen molar-refractivity contribution in [1.29, 1.82) is 0 Å². The van der Waals surface area contributed by atoms with Crippen molar-refractivity contribution in [2.75, 3.05) is 10.6 Å². The molecule has 0 bridgehead atoms. The minimum atomic E-state index is -2.80. The zero-order valence-electron chi connectivity index (χ0n) is 7.00. The molecule has 1 aromatic rings.